The van der Waals surface area contributed by atoms with Gasteiger partial charge in [-0.15, -0.1) is 0 Å². The molecule has 0 spiro atoms. The van der Waals surface area contributed by atoms with Crippen molar-refractivity contribution in [3.63, 3.8) is 0 Å². The highest BCUT2D eigenvalue weighted by Crippen LogP contribution is 2.11. The van der Waals surface area contributed by atoms with Gasteiger partial charge in [-0.05, 0) is 18.5 Å². The molecule has 0 aliphatic carbocycles. The van der Waals surface area contributed by atoms with Crippen LogP contribution < -0.4 is 10.1 Å². The Kier molecular flexibility index (Phi) is 5.17. The number of ether oxygens (including phenoxy) is 1. The second kappa shape index (κ2) is 6.41. The lowest BCUT2D eigenvalue weighted by atomic mass is 10.3. The van der Waals surface area contributed by atoms with E-state index in [1.165, 1.54) is 0 Å². The molecule has 0 atom stereocenters. The lowest BCUT2D eigenvalue weighted by Crippen LogP contribution is -2.28. The van der Waals surface area contributed by atoms with E-state index in [-0.39, 0.29) is 30.5 Å². The summed E-state index contributed by atoms with van der Waals surface area (Å²) in [4.78, 5) is 11.4. The first-order valence-corrected chi connectivity index (χ1v) is 5.10. The molecule has 90 valence electrons. The number of aliphatic hydroxyl groups excluding tert-OH is 2. The Morgan fingerprint density at radius 1 is 1.31 bits per heavy atom. The molecule has 0 bridgehead atoms. The quantitative estimate of drug-likeness (QED) is 0.635. The fraction of sp³-hybridized carbons (Fsp3) is 0.625. The Balaban J connectivity index is 2.78. The minimum absolute atomic E-state index is 0.0180. The molecule has 7 nitrogen and oxygen atoms in total. The molecule has 0 aromatic carbocycles. The Hall–Kier alpha value is -1.18. The standard InChI is InChI=1S/C8H13ClN4O3/c1-2-16-8-12-6(9)11-7(13-8)10-5(3-14)4-15/h5,14-15H,2-4H2,1H3,(H,10,11,12,13). The zero-order valence-corrected chi connectivity index (χ0v) is 9.48. The van der Waals surface area contributed by atoms with Crippen molar-refractivity contribution >= 4 is 17.5 Å². The van der Waals surface area contributed by atoms with Gasteiger partial charge in [-0.25, -0.2) is 0 Å². The molecule has 3 N–H and O–H groups in total. The monoisotopic (exact) mass is 248 g/mol. The van der Waals surface area contributed by atoms with Crippen LogP contribution in [0.2, 0.25) is 5.28 Å². The van der Waals surface area contributed by atoms with Crippen molar-refractivity contribution in [1.29, 1.82) is 0 Å². The molecule has 0 amide bonds. The van der Waals surface area contributed by atoms with Crippen molar-refractivity contribution in [2.24, 2.45) is 0 Å². The molecule has 0 saturated heterocycles. The van der Waals surface area contributed by atoms with E-state index in [4.69, 9.17) is 26.6 Å². The molecule has 0 fully saturated rings. The van der Waals surface area contributed by atoms with Crippen molar-refractivity contribution in [3.8, 4) is 6.01 Å². The van der Waals surface area contributed by atoms with Gasteiger partial charge in [0.1, 0.15) is 0 Å². The molecule has 0 radical (unpaired) electrons. The number of halogens is 1. The van der Waals surface area contributed by atoms with Gasteiger partial charge in [0, 0.05) is 0 Å². The molecule has 8 heteroatoms. The van der Waals surface area contributed by atoms with Crippen LogP contribution in [0.1, 0.15) is 6.92 Å². The molecule has 1 aromatic heterocycles. The maximum atomic E-state index is 8.87. The number of hydrogen-bond donors (Lipinski definition) is 3. The number of nitrogens with one attached hydrogen (secondary N) is 1. The highest BCUT2D eigenvalue weighted by Gasteiger charge is 2.10. The van der Waals surface area contributed by atoms with Gasteiger partial charge in [-0.1, -0.05) is 0 Å². The average molecular weight is 249 g/mol. The third-order valence-electron chi connectivity index (χ3n) is 1.64. The largest absolute Gasteiger partial charge is 0.464 e. The van der Waals surface area contributed by atoms with E-state index in [9.17, 15) is 0 Å². The van der Waals surface area contributed by atoms with E-state index in [0.717, 1.165) is 0 Å². The smallest absolute Gasteiger partial charge is 0.322 e. The predicted octanol–water partition coefficient (Wildman–Crippen LogP) is -0.311. The molecule has 1 rings (SSSR count). The maximum absolute atomic E-state index is 8.87. The Labute approximate surface area is 97.5 Å². The van der Waals surface area contributed by atoms with Crippen LogP contribution in [0, 0.1) is 0 Å². The molecular weight excluding hydrogens is 236 g/mol. The Morgan fingerprint density at radius 2 is 2.00 bits per heavy atom. The van der Waals surface area contributed by atoms with Crippen LogP contribution in [0.15, 0.2) is 0 Å². The highest BCUT2D eigenvalue weighted by molar-refractivity contribution is 6.28. The second-order valence-corrected chi connectivity index (χ2v) is 3.19. The topological polar surface area (TPSA) is 100 Å². The minimum Gasteiger partial charge on any atom is -0.464 e. The van der Waals surface area contributed by atoms with Crippen LogP contribution in [-0.2, 0) is 0 Å². The van der Waals surface area contributed by atoms with E-state index in [0.29, 0.717) is 6.61 Å². The van der Waals surface area contributed by atoms with Crippen molar-refractivity contribution in [3.05, 3.63) is 5.28 Å². The van der Waals surface area contributed by atoms with Gasteiger partial charge < -0.3 is 20.3 Å². The minimum atomic E-state index is -0.548. The van der Waals surface area contributed by atoms with E-state index in [1.54, 1.807) is 6.92 Å². The van der Waals surface area contributed by atoms with Gasteiger partial charge in [-0.3, -0.25) is 0 Å². The molecular formula is C8H13ClN4O3. The number of aliphatic hydroxyl groups is 2. The molecule has 0 aliphatic rings. The van der Waals surface area contributed by atoms with Crippen LogP contribution in [-0.4, -0.2) is 51.0 Å². The number of anilines is 1. The molecule has 0 saturated carbocycles. The van der Waals surface area contributed by atoms with Gasteiger partial charge in [0.05, 0.1) is 25.9 Å². The first-order chi connectivity index (χ1) is 7.69. The normalized spacial score (nSPS) is 10.6. The van der Waals surface area contributed by atoms with Crippen LogP contribution in [0.3, 0.4) is 0 Å². The van der Waals surface area contributed by atoms with E-state index in [1.807, 2.05) is 0 Å². The fourth-order valence-electron chi connectivity index (χ4n) is 0.922. The first-order valence-electron chi connectivity index (χ1n) is 4.72. The van der Waals surface area contributed by atoms with Crippen molar-refractivity contribution in [1.82, 2.24) is 15.0 Å². The molecule has 16 heavy (non-hydrogen) atoms. The maximum Gasteiger partial charge on any atom is 0.322 e. The molecule has 1 heterocycles. The molecule has 1 aromatic rings. The van der Waals surface area contributed by atoms with Gasteiger partial charge in [0.2, 0.25) is 11.2 Å². The summed E-state index contributed by atoms with van der Waals surface area (Å²) in [6.45, 7) is 1.70. The summed E-state index contributed by atoms with van der Waals surface area (Å²) < 4.78 is 5.06. The van der Waals surface area contributed by atoms with Crippen LogP contribution >= 0.6 is 11.6 Å². The average Bonchev–Trinajstić information content (AvgIpc) is 2.25. The summed E-state index contributed by atoms with van der Waals surface area (Å²) in [7, 11) is 0. The van der Waals surface area contributed by atoms with Crippen molar-refractivity contribution in [2.45, 2.75) is 13.0 Å². The predicted molar refractivity (Wildman–Crippen MR) is 57.6 cm³/mol. The van der Waals surface area contributed by atoms with E-state index < -0.39 is 6.04 Å². The Morgan fingerprint density at radius 3 is 2.56 bits per heavy atom. The third-order valence-corrected chi connectivity index (χ3v) is 1.80. The van der Waals surface area contributed by atoms with Crippen molar-refractivity contribution in [2.75, 3.05) is 25.1 Å². The van der Waals surface area contributed by atoms with Gasteiger partial charge in [-0.2, -0.15) is 15.0 Å². The summed E-state index contributed by atoms with van der Waals surface area (Å²) in [5.41, 5.74) is 0. The van der Waals surface area contributed by atoms with E-state index in [2.05, 4.69) is 20.3 Å². The number of hydrogen-bond acceptors (Lipinski definition) is 7. The fourth-order valence-corrected chi connectivity index (χ4v) is 1.07. The zero-order valence-electron chi connectivity index (χ0n) is 8.72. The summed E-state index contributed by atoms with van der Waals surface area (Å²) in [6, 6.07) is -0.451. The SMILES string of the molecule is CCOc1nc(Cl)nc(NC(CO)CO)n1. The Bertz CT molecular complexity index is 335. The highest BCUT2D eigenvalue weighted by atomic mass is 35.5. The molecule has 0 aliphatic heterocycles. The first kappa shape index (κ1) is 12.9. The van der Waals surface area contributed by atoms with Gasteiger partial charge in [0.25, 0.3) is 0 Å². The van der Waals surface area contributed by atoms with Gasteiger partial charge in [0.15, 0.2) is 0 Å². The number of nitrogens with zero attached hydrogens (tertiary/aromatic N) is 3. The lowest BCUT2D eigenvalue weighted by molar-refractivity contribution is 0.203. The van der Waals surface area contributed by atoms with Crippen LogP contribution in [0.25, 0.3) is 0 Å². The summed E-state index contributed by atoms with van der Waals surface area (Å²) in [6.07, 6.45) is 0. The summed E-state index contributed by atoms with van der Waals surface area (Å²) >= 11 is 5.65. The second-order valence-electron chi connectivity index (χ2n) is 2.85. The van der Waals surface area contributed by atoms with Crippen LogP contribution in [0.5, 0.6) is 6.01 Å². The summed E-state index contributed by atoms with van der Waals surface area (Å²) in [5.74, 6) is 0.150. The van der Waals surface area contributed by atoms with Crippen LogP contribution in [0.4, 0.5) is 5.95 Å². The van der Waals surface area contributed by atoms with E-state index >= 15 is 0 Å². The lowest BCUT2D eigenvalue weighted by Gasteiger charge is -2.13. The molecule has 0 unspecified atom stereocenters. The van der Waals surface area contributed by atoms with Crippen molar-refractivity contribution < 1.29 is 14.9 Å². The zero-order chi connectivity index (χ0) is 12.0. The van der Waals surface area contributed by atoms with Gasteiger partial charge >= 0.3 is 6.01 Å². The third kappa shape index (κ3) is 3.76. The summed E-state index contributed by atoms with van der Waals surface area (Å²) in [5, 5.41) is 20.4. The number of aromatic nitrogens is 3. The number of rotatable bonds is 6.